The normalized spacial score (nSPS) is 14.7. The van der Waals surface area contributed by atoms with Crippen molar-refractivity contribution in [1.29, 1.82) is 0 Å². The Balaban J connectivity index is 2.72. The van der Waals surface area contributed by atoms with E-state index in [1.54, 1.807) is 0 Å². The smallest absolute Gasteiger partial charge is 0.0329 e. The molecule has 0 saturated carbocycles. The number of rotatable bonds is 8. The third-order valence-corrected chi connectivity index (χ3v) is 4.01. The quantitative estimate of drug-likeness (QED) is 0.770. The average molecular weight is 249 g/mol. The molecule has 3 nitrogen and oxygen atoms in total. The first-order valence-electron chi connectivity index (χ1n) is 6.98. The number of aromatic nitrogens is 1. The van der Waals surface area contributed by atoms with Gasteiger partial charge in [-0.05, 0) is 37.6 Å². The maximum atomic E-state index is 6.06. The van der Waals surface area contributed by atoms with Gasteiger partial charge in [0.15, 0.2) is 0 Å². The molecule has 102 valence electrons. The molecule has 0 saturated heterocycles. The Labute approximate surface area is 111 Å². The number of nitrogens with zero attached hydrogens (tertiary/aromatic N) is 2. The lowest BCUT2D eigenvalue weighted by molar-refractivity contribution is 0.0999. The maximum absolute atomic E-state index is 6.06. The second-order valence-electron chi connectivity index (χ2n) is 5.10. The summed E-state index contributed by atoms with van der Waals surface area (Å²) in [6.45, 7) is 6.15. The summed E-state index contributed by atoms with van der Waals surface area (Å²) in [5, 5.41) is 0. The monoisotopic (exact) mass is 249 g/mol. The minimum Gasteiger partial charge on any atom is -0.329 e. The van der Waals surface area contributed by atoms with Crippen molar-refractivity contribution in [3.63, 3.8) is 0 Å². The largest absolute Gasteiger partial charge is 0.329 e. The molecule has 0 aliphatic heterocycles. The summed E-state index contributed by atoms with van der Waals surface area (Å²) in [4.78, 5) is 6.48. The molecular formula is C15H27N3. The molecule has 1 heterocycles. The van der Waals surface area contributed by atoms with Gasteiger partial charge in [0.2, 0.25) is 0 Å². The van der Waals surface area contributed by atoms with E-state index in [-0.39, 0.29) is 5.54 Å². The molecule has 0 fully saturated rings. The fourth-order valence-corrected chi connectivity index (χ4v) is 2.48. The summed E-state index contributed by atoms with van der Waals surface area (Å²) >= 11 is 0. The van der Waals surface area contributed by atoms with Crippen LogP contribution in [0.25, 0.3) is 0 Å². The molecule has 0 radical (unpaired) electrons. The second kappa shape index (κ2) is 7.49. The third-order valence-electron chi connectivity index (χ3n) is 4.01. The Hall–Kier alpha value is -0.930. The standard InChI is InChI=1S/C15H27N3/c1-4-6-9-15(5-2,13-16)18(3)12-14-7-10-17-11-8-14/h7-8,10-11H,4-6,9,12-13,16H2,1-3H3. The number of hydrogen-bond donors (Lipinski definition) is 1. The molecule has 1 unspecified atom stereocenters. The maximum Gasteiger partial charge on any atom is 0.0329 e. The molecule has 0 aliphatic carbocycles. The summed E-state index contributed by atoms with van der Waals surface area (Å²) in [6.07, 6.45) is 8.45. The molecule has 0 aliphatic rings. The highest BCUT2D eigenvalue weighted by Crippen LogP contribution is 2.25. The van der Waals surface area contributed by atoms with E-state index < -0.39 is 0 Å². The number of likely N-dealkylation sites (N-methyl/N-ethyl adjacent to an activating group) is 1. The van der Waals surface area contributed by atoms with Crippen molar-refractivity contribution in [2.45, 2.75) is 51.6 Å². The van der Waals surface area contributed by atoms with Crippen LogP contribution in [0.15, 0.2) is 24.5 Å². The summed E-state index contributed by atoms with van der Waals surface area (Å²) in [6, 6.07) is 4.15. The number of nitrogens with two attached hydrogens (primary N) is 1. The summed E-state index contributed by atoms with van der Waals surface area (Å²) < 4.78 is 0. The Morgan fingerprint density at radius 2 is 1.94 bits per heavy atom. The lowest BCUT2D eigenvalue weighted by atomic mass is 9.88. The van der Waals surface area contributed by atoms with E-state index in [4.69, 9.17) is 5.73 Å². The third kappa shape index (κ3) is 3.79. The van der Waals surface area contributed by atoms with Crippen LogP contribution in [0.1, 0.15) is 45.1 Å². The lowest BCUT2D eigenvalue weighted by Gasteiger charge is -2.41. The van der Waals surface area contributed by atoms with Gasteiger partial charge < -0.3 is 5.73 Å². The van der Waals surface area contributed by atoms with E-state index in [2.05, 4.69) is 42.9 Å². The van der Waals surface area contributed by atoms with Gasteiger partial charge in [-0.2, -0.15) is 0 Å². The van der Waals surface area contributed by atoms with Gasteiger partial charge in [-0.1, -0.05) is 26.7 Å². The zero-order valence-electron chi connectivity index (χ0n) is 12.0. The van der Waals surface area contributed by atoms with Crippen molar-refractivity contribution < 1.29 is 0 Å². The van der Waals surface area contributed by atoms with Crippen LogP contribution in [0.5, 0.6) is 0 Å². The van der Waals surface area contributed by atoms with E-state index in [1.807, 2.05) is 12.4 Å². The first kappa shape index (κ1) is 15.1. The summed E-state index contributed by atoms with van der Waals surface area (Å²) in [5.41, 5.74) is 7.50. The first-order valence-corrected chi connectivity index (χ1v) is 6.98. The Kier molecular flexibility index (Phi) is 6.30. The van der Waals surface area contributed by atoms with E-state index >= 15 is 0 Å². The van der Waals surface area contributed by atoms with E-state index in [0.717, 1.165) is 19.5 Å². The van der Waals surface area contributed by atoms with E-state index in [9.17, 15) is 0 Å². The summed E-state index contributed by atoms with van der Waals surface area (Å²) in [5.74, 6) is 0. The van der Waals surface area contributed by atoms with Crippen LogP contribution in [0.2, 0.25) is 0 Å². The molecule has 0 bridgehead atoms. The van der Waals surface area contributed by atoms with Crippen LogP contribution < -0.4 is 5.73 Å². The molecule has 1 atom stereocenters. The van der Waals surface area contributed by atoms with Gasteiger partial charge in [-0.3, -0.25) is 9.88 Å². The highest BCUT2D eigenvalue weighted by atomic mass is 15.2. The van der Waals surface area contributed by atoms with Crippen LogP contribution in [0, 0.1) is 0 Å². The highest BCUT2D eigenvalue weighted by molar-refractivity contribution is 5.10. The van der Waals surface area contributed by atoms with Crippen LogP contribution in [0.3, 0.4) is 0 Å². The minimum atomic E-state index is 0.138. The van der Waals surface area contributed by atoms with E-state index in [0.29, 0.717) is 0 Å². The fourth-order valence-electron chi connectivity index (χ4n) is 2.48. The van der Waals surface area contributed by atoms with Crippen molar-refractivity contribution in [2.75, 3.05) is 13.6 Å². The van der Waals surface area contributed by atoms with Gasteiger partial charge in [-0.15, -0.1) is 0 Å². The molecule has 0 amide bonds. The van der Waals surface area contributed by atoms with Gasteiger partial charge in [0, 0.05) is 31.0 Å². The predicted octanol–water partition coefficient (Wildman–Crippen LogP) is 2.81. The molecular weight excluding hydrogens is 222 g/mol. The lowest BCUT2D eigenvalue weighted by Crippen LogP contribution is -2.51. The molecule has 3 heteroatoms. The number of pyridine rings is 1. The molecule has 0 spiro atoms. The first-order chi connectivity index (χ1) is 8.68. The number of hydrogen-bond acceptors (Lipinski definition) is 3. The number of unbranched alkanes of at least 4 members (excludes halogenated alkanes) is 1. The van der Waals surface area contributed by atoms with Crippen LogP contribution in [-0.4, -0.2) is 29.0 Å². The zero-order chi connectivity index (χ0) is 13.4. The van der Waals surface area contributed by atoms with Gasteiger partial charge >= 0.3 is 0 Å². The highest BCUT2D eigenvalue weighted by Gasteiger charge is 2.30. The molecule has 2 N–H and O–H groups in total. The molecule has 1 rings (SSSR count). The van der Waals surface area contributed by atoms with Gasteiger partial charge in [-0.25, -0.2) is 0 Å². The summed E-state index contributed by atoms with van der Waals surface area (Å²) in [7, 11) is 2.19. The van der Waals surface area contributed by atoms with Gasteiger partial charge in [0.25, 0.3) is 0 Å². The minimum absolute atomic E-state index is 0.138. The van der Waals surface area contributed by atoms with Crippen LogP contribution in [0.4, 0.5) is 0 Å². The van der Waals surface area contributed by atoms with Crippen molar-refractivity contribution in [3.8, 4) is 0 Å². The second-order valence-corrected chi connectivity index (χ2v) is 5.10. The molecule has 1 aromatic heterocycles. The Morgan fingerprint density at radius 1 is 1.28 bits per heavy atom. The van der Waals surface area contributed by atoms with Gasteiger partial charge in [0.1, 0.15) is 0 Å². The Bertz CT molecular complexity index is 320. The van der Waals surface area contributed by atoms with Crippen molar-refractivity contribution in [2.24, 2.45) is 5.73 Å². The van der Waals surface area contributed by atoms with Crippen LogP contribution in [-0.2, 0) is 6.54 Å². The predicted molar refractivity (Wildman–Crippen MR) is 77.3 cm³/mol. The zero-order valence-corrected chi connectivity index (χ0v) is 12.0. The topological polar surface area (TPSA) is 42.1 Å². The van der Waals surface area contributed by atoms with Crippen molar-refractivity contribution in [1.82, 2.24) is 9.88 Å². The fraction of sp³-hybridized carbons (Fsp3) is 0.667. The molecule has 0 aromatic carbocycles. The van der Waals surface area contributed by atoms with Crippen LogP contribution >= 0.6 is 0 Å². The SMILES string of the molecule is CCCCC(CC)(CN)N(C)Cc1ccncc1. The van der Waals surface area contributed by atoms with E-state index in [1.165, 1.54) is 24.8 Å². The van der Waals surface area contributed by atoms with Crippen molar-refractivity contribution >= 4 is 0 Å². The Morgan fingerprint density at radius 3 is 2.44 bits per heavy atom. The average Bonchev–Trinajstić information content (AvgIpc) is 2.42. The molecule has 1 aromatic rings. The van der Waals surface area contributed by atoms with Crippen molar-refractivity contribution in [3.05, 3.63) is 30.1 Å². The van der Waals surface area contributed by atoms with Gasteiger partial charge in [0.05, 0.1) is 0 Å². The molecule has 18 heavy (non-hydrogen) atoms.